The molecule has 2 amide bonds. The van der Waals surface area contributed by atoms with Gasteiger partial charge in [-0.25, -0.2) is 0 Å². The summed E-state index contributed by atoms with van der Waals surface area (Å²) in [7, 11) is 1.54. The Morgan fingerprint density at radius 3 is 2.36 bits per heavy atom. The average molecular weight is 399 g/mol. The highest BCUT2D eigenvalue weighted by Crippen LogP contribution is 2.48. The van der Waals surface area contributed by atoms with Crippen molar-refractivity contribution in [3.63, 3.8) is 0 Å². The van der Waals surface area contributed by atoms with Crippen molar-refractivity contribution in [1.29, 1.82) is 0 Å². The van der Waals surface area contributed by atoms with E-state index in [9.17, 15) is 9.59 Å². The number of benzene rings is 2. The molecule has 28 heavy (non-hydrogen) atoms. The summed E-state index contributed by atoms with van der Waals surface area (Å²) in [6.45, 7) is 2.16. The molecular weight excluding hydrogens is 376 g/mol. The van der Waals surface area contributed by atoms with Gasteiger partial charge in [-0.05, 0) is 36.1 Å². The van der Waals surface area contributed by atoms with Crippen LogP contribution in [0.5, 0.6) is 5.75 Å². The molecular formula is C22H23ClN2O3. The first-order valence-corrected chi connectivity index (χ1v) is 9.93. The molecule has 2 aromatic rings. The number of carbonyl (C=O) groups excluding carboxylic acids is 2. The molecule has 1 saturated carbocycles. The van der Waals surface area contributed by atoms with Crippen LogP contribution in [0.15, 0.2) is 48.5 Å². The summed E-state index contributed by atoms with van der Waals surface area (Å²) in [5.74, 6) is 1.03. The maximum absolute atomic E-state index is 12.9. The Labute approximate surface area is 169 Å². The summed E-state index contributed by atoms with van der Waals surface area (Å²) in [5.41, 5.74) is 1.70. The van der Waals surface area contributed by atoms with Gasteiger partial charge in [-0.2, -0.15) is 0 Å². The van der Waals surface area contributed by atoms with Gasteiger partial charge in [0.2, 0.25) is 5.91 Å². The van der Waals surface area contributed by atoms with Crippen LogP contribution in [0.25, 0.3) is 0 Å². The highest BCUT2D eigenvalue weighted by Gasteiger charge is 2.46. The molecule has 1 aliphatic heterocycles. The van der Waals surface area contributed by atoms with E-state index in [-0.39, 0.29) is 17.7 Å². The van der Waals surface area contributed by atoms with Crippen molar-refractivity contribution in [2.75, 3.05) is 33.3 Å². The number of ether oxygens (including phenoxy) is 1. The number of rotatable bonds is 4. The van der Waals surface area contributed by atoms with Crippen LogP contribution in [0, 0.1) is 5.92 Å². The van der Waals surface area contributed by atoms with Gasteiger partial charge in [0.05, 0.1) is 12.7 Å². The second kappa shape index (κ2) is 7.84. The Bertz CT molecular complexity index is 879. The first kappa shape index (κ1) is 18.8. The maximum atomic E-state index is 12.9. The largest absolute Gasteiger partial charge is 0.496 e. The van der Waals surface area contributed by atoms with Gasteiger partial charge >= 0.3 is 0 Å². The van der Waals surface area contributed by atoms with Crippen LogP contribution in [0.1, 0.15) is 28.3 Å². The molecule has 0 bridgehead atoms. The van der Waals surface area contributed by atoms with E-state index in [0.717, 1.165) is 6.42 Å². The monoisotopic (exact) mass is 398 g/mol. The van der Waals surface area contributed by atoms with Crippen molar-refractivity contribution >= 4 is 23.4 Å². The summed E-state index contributed by atoms with van der Waals surface area (Å²) in [4.78, 5) is 29.4. The Kier molecular flexibility index (Phi) is 5.27. The highest BCUT2D eigenvalue weighted by atomic mass is 35.5. The molecule has 0 unspecified atom stereocenters. The van der Waals surface area contributed by atoms with Gasteiger partial charge in [0.25, 0.3) is 5.91 Å². The molecule has 0 aromatic heterocycles. The van der Waals surface area contributed by atoms with Crippen molar-refractivity contribution in [3.05, 3.63) is 64.7 Å². The van der Waals surface area contributed by atoms with Gasteiger partial charge in [-0.3, -0.25) is 9.59 Å². The third-order valence-corrected chi connectivity index (χ3v) is 5.84. The topological polar surface area (TPSA) is 49.9 Å². The molecule has 0 N–H and O–H groups in total. The number of methoxy groups -OCH3 is 1. The van der Waals surface area contributed by atoms with Crippen LogP contribution in [0.3, 0.4) is 0 Å². The number of nitrogens with zero attached hydrogens (tertiary/aromatic N) is 2. The minimum Gasteiger partial charge on any atom is -0.496 e. The molecule has 6 heteroatoms. The normalized spacial score (nSPS) is 21.4. The fraction of sp³-hybridized carbons (Fsp3) is 0.364. The van der Waals surface area contributed by atoms with E-state index in [1.54, 1.807) is 23.1 Å². The summed E-state index contributed by atoms with van der Waals surface area (Å²) in [5, 5.41) is 0.499. The van der Waals surface area contributed by atoms with E-state index in [2.05, 4.69) is 12.1 Å². The van der Waals surface area contributed by atoms with Crippen LogP contribution >= 0.6 is 11.6 Å². The lowest BCUT2D eigenvalue weighted by Gasteiger charge is -2.35. The lowest BCUT2D eigenvalue weighted by Crippen LogP contribution is -2.51. The lowest BCUT2D eigenvalue weighted by atomic mass is 10.1. The van der Waals surface area contributed by atoms with Crippen LogP contribution in [-0.4, -0.2) is 54.9 Å². The SMILES string of the molecule is COc1ccc(Cl)cc1C(=O)N1CCN(C(=O)[C@@H]2C[C@@H]2c2ccccc2)CC1. The Morgan fingerprint density at radius 2 is 1.68 bits per heavy atom. The summed E-state index contributed by atoms with van der Waals surface area (Å²) < 4.78 is 5.29. The fourth-order valence-electron chi connectivity index (χ4n) is 3.92. The van der Waals surface area contributed by atoms with Crippen LogP contribution in [0.4, 0.5) is 0 Å². The van der Waals surface area contributed by atoms with E-state index in [1.165, 1.54) is 12.7 Å². The Balaban J connectivity index is 1.36. The molecule has 4 rings (SSSR count). The third-order valence-electron chi connectivity index (χ3n) is 5.61. The maximum Gasteiger partial charge on any atom is 0.257 e. The number of hydrogen-bond acceptors (Lipinski definition) is 3. The molecule has 1 aliphatic carbocycles. The number of piperazine rings is 1. The van der Waals surface area contributed by atoms with Crippen LogP contribution in [-0.2, 0) is 4.79 Å². The second-order valence-corrected chi connectivity index (χ2v) is 7.76. The summed E-state index contributed by atoms with van der Waals surface area (Å²) in [6, 6.07) is 15.2. The zero-order valence-electron chi connectivity index (χ0n) is 15.8. The first-order valence-electron chi connectivity index (χ1n) is 9.55. The minimum absolute atomic E-state index is 0.0812. The average Bonchev–Trinajstić information content (AvgIpc) is 3.54. The standard InChI is InChI=1S/C22H23ClN2O3/c1-28-20-8-7-16(23)13-19(20)22(27)25-11-9-24(10-12-25)21(26)18-14-17(18)15-5-3-2-4-6-15/h2-8,13,17-18H,9-12,14H2,1H3/t17-,18-/m1/s1. The second-order valence-electron chi connectivity index (χ2n) is 7.32. The Morgan fingerprint density at radius 1 is 1.00 bits per heavy atom. The molecule has 2 atom stereocenters. The minimum atomic E-state index is -0.111. The van der Waals surface area contributed by atoms with Gasteiger partial charge in [0.1, 0.15) is 5.75 Å². The quantitative estimate of drug-likeness (QED) is 0.792. The molecule has 0 radical (unpaired) electrons. The van der Waals surface area contributed by atoms with Crippen molar-refractivity contribution in [2.24, 2.45) is 5.92 Å². The van der Waals surface area contributed by atoms with E-state index in [4.69, 9.17) is 16.3 Å². The summed E-state index contributed by atoms with van der Waals surface area (Å²) >= 11 is 6.05. The summed E-state index contributed by atoms with van der Waals surface area (Å²) in [6.07, 6.45) is 0.918. The van der Waals surface area contributed by atoms with Crippen LogP contribution in [0.2, 0.25) is 5.02 Å². The molecule has 0 spiro atoms. The molecule has 2 fully saturated rings. The van der Waals surface area contributed by atoms with Gasteiger partial charge < -0.3 is 14.5 Å². The van der Waals surface area contributed by atoms with E-state index in [0.29, 0.717) is 48.4 Å². The molecule has 1 heterocycles. The smallest absolute Gasteiger partial charge is 0.257 e. The van der Waals surface area contributed by atoms with Gasteiger partial charge in [0, 0.05) is 37.1 Å². The van der Waals surface area contributed by atoms with Gasteiger partial charge in [-0.15, -0.1) is 0 Å². The Hall–Kier alpha value is -2.53. The number of carbonyl (C=O) groups is 2. The van der Waals surface area contributed by atoms with E-state index >= 15 is 0 Å². The van der Waals surface area contributed by atoms with Crippen molar-refractivity contribution in [3.8, 4) is 5.75 Å². The zero-order valence-corrected chi connectivity index (χ0v) is 16.6. The number of amides is 2. The highest BCUT2D eigenvalue weighted by molar-refractivity contribution is 6.31. The van der Waals surface area contributed by atoms with Crippen molar-refractivity contribution in [1.82, 2.24) is 9.80 Å². The first-order chi connectivity index (χ1) is 13.6. The molecule has 2 aromatic carbocycles. The number of hydrogen-bond donors (Lipinski definition) is 0. The van der Waals surface area contributed by atoms with Crippen molar-refractivity contribution < 1.29 is 14.3 Å². The van der Waals surface area contributed by atoms with E-state index < -0.39 is 0 Å². The van der Waals surface area contributed by atoms with Crippen molar-refractivity contribution in [2.45, 2.75) is 12.3 Å². The van der Waals surface area contributed by atoms with Gasteiger partial charge in [-0.1, -0.05) is 41.9 Å². The zero-order chi connectivity index (χ0) is 19.7. The molecule has 146 valence electrons. The molecule has 1 saturated heterocycles. The van der Waals surface area contributed by atoms with E-state index in [1.807, 2.05) is 23.1 Å². The molecule has 2 aliphatic rings. The fourth-order valence-corrected chi connectivity index (χ4v) is 4.09. The van der Waals surface area contributed by atoms with Gasteiger partial charge in [0.15, 0.2) is 0 Å². The predicted molar refractivity (Wildman–Crippen MR) is 108 cm³/mol. The molecule has 5 nitrogen and oxygen atoms in total. The predicted octanol–water partition coefficient (Wildman–Crippen LogP) is 3.44. The lowest BCUT2D eigenvalue weighted by molar-refractivity contribution is -0.134. The number of halogens is 1. The van der Waals surface area contributed by atoms with Crippen LogP contribution < -0.4 is 4.74 Å². The third kappa shape index (κ3) is 3.72.